The molecule has 2 rings (SSSR count). The van der Waals surface area contributed by atoms with E-state index in [-0.39, 0.29) is 31.0 Å². The molecule has 0 aromatic heterocycles. The van der Waals surface area contributed by atoms with Crippen LogP contribution in [0, 0.1) is 6.92 Å². The van der Waals surface area contributed by atoms with Gasteiger partial charge in [0.1, 0.15) is 12.4 Å². The predicted molar refractivity (Wildman–Crippen MR) is 63.1 cm³/mol. The molecule has 0 fully saturated rings. The van der Waals surface area contributed by atoms with E-state index in [2.05, 4.69) is 31.2 Å². The van der Waals surface area contributed by atoms with Crippen LogP contribution in [0.5, 0.6) is 5.75 Å². The molecule has 16 heavy (non-hydrogen) atoms. The molecular weight excluding hydrogens is 207 g/mol. The summed E-state index contributed by atoms with van der Waals surface area (Å²) in [6.07, 6.45) is 0. The van der Waals surface area contributed by atoms with Gasteiger partial charge in [-0.1, -0.05) is 48.0 Å². The fraction of sp³-hybridized carbons (Fsp3) is 0.143. The summed E-state index contributed by atoms with van der Waals surface area (Å²) in [4.78, 5) is 0. The van der Waals surface area contributed by atoms with Gasteiger partial charge >= 0.3 is 29.6 Å². The maximum Gasteiger partial charge on any atom is 1.00 e. The molecule has 1 nitrogen and oxygen atoms in total. The molecule has 2 aromatic carbocycles. The van der Waals surface area contributed by atoms with Crippen LogP contribution in [0.3, 0.4) is 0 Å². The van der Waals surface area contributed by atoms with E-state index in [0.717, 1.165) is 5.75 Å². The Morgan fingerprint density at radius 1 is 0.938 bits per heavy atom. The standard InChI is InChI=1S/C14H14O.Na.H/c1-12-7-9-14(10-8-12)15-11-13-5-3-2-4-6-13;;/h2-10H,11H2,1H3;;/q;+1;-1. The molecule has 2 heteroatoms. The van der Waals surface area contributed by atoms with Crippen molar-refractivity contribution >= 4 is 0 Å². The Bertz CT molecular complexity index is 414. The van der Waals surface area contributed by atoms with Crippen LogP contribution in [0.1, 0.15) is 12.6 Å². The van der Waals surface area contributed by atoms with Crippen molar-refractivity contribution < 1.29 is 35.7 Å². The van der Waals surface area contributed by atoms with Gasteiger partial charge in [-0.25, -0.2) is 0 Å². The van der Waals surface area contributed by atoms with Crippen molar-refractivity contribution in [3.05, 3.63) is 65.7 Å². The zero-order valence-corrected chi connectivity index (χ0v) is 11.8. The Hall–Kier alpha value is -0.760. The number of rotatable bonds is 3. The fourth-order valence-electron chi connectivity index (χ4n) is 1.38. The summed E-state index contributed by atoms with van der Waals surface area (Å²) in [6.45, 7) is 2.70. The van der Waals surface area contributed by atoms with Gasteiger partial charge in [0.15, 0.2) is 0 Å². The molecule has 0 aliphatic carbocycles. The Kier molecular flexibility index (Phi) is 5.61. The van der Waals surface area contributed by atoms with Crippen LogP contribution in [0.2, 0.25) is 0 Å². The molecule has 0 bridgehead atoms. The summed E-state index contributed by atoms with van der Waals surface area (Å²) in [5.41, 5.74) is 2.44. The van der Waals surface area contributed by atoms with E-state index in [9.17, 15) is 0 Å². The minimum Gasteiger partial charge on any atom is -1.00 e. The molecule has 0 amide bonds. The van der Waals surface area contributed by atoms with Gasteiger partial charge in [-0.2, -0.15) is 0 Å². The first-order chi connectivity index (χ1) is 7.34. The van der Waals surface area contributed by atoms with E-state index in [4.69, 9.17) is 4.74 Å². The topological polar surface area (TPSA) is 9.23 Å². The van der Waals surface area contributed by atoms with Crippen molar-refractivity contribution in [2.75, 3.05) is 0 Å². The van der Waals surface area contributed by atoms with Crippen molar-refractivity contribution in [1.82, 2.24) is 0 Å². The largest absolute Gasteiger partial charge is 1.00 e. The molecule has 0 N–H and O–H groups in total. The maximum atomic E-state index is 5.65. The molecule has 0 atom stereocenters. The van der Waals surface area contributed by atoms with E-state index in [0.29, 0.717) is 6.61 Å². The third kappa shape index (κ3) is 4.01. The summed E-state index contributed by atoms with van der Waals surface area (Å²) >= 11 is 0. The van der Waals surface area contributed by atoms with Gasteiger partial charge in [0.25, 0.3) is 0 Å². The van der Waals surface area contributed by atoms with Gasteiger partial charge < -0.3 is 6.16 Å². The third-order valence-electron chi connectivity index (χ3n) is 2.27. The van der Waals surface area contributed by atoms with Crippen LogP contribution in [0.4, 0.5) is 0 Å². The van der Waals surface area contributed by atoms with Gasteiger partial charge in [-0.3, -0.25) is 0 Å². The van der Waals surface area contributed by atoms with Crippen LogP contribution in [0.25, 0.3) is 0 Å². The van der Waals surface area contributed by atoms with Gasteiger partial charge in [0.2, 0.25) is 0 Å². The Morgan fingerprint density at radius 3 is 2.19 bits per heavy atom. The minimum absolute atomic E-state index is 0. The van der Waals surface area contributed by atoms with E-state index in [1.54, 1.807) is 0 Å². The number of hydrogen-bond donors (Lipinski definition) is 0. The summed E-state index contributed by atoms with van der Waals surface area (Å²) < 4.78 is 5.65. The van der Waals surface area contributed by atoms with Crippen LogP contribution in [-0.4, -0.2) is 0 Å². The number of benzene rings is 2. The van der Waals surface area contributed by atoms with E-state index >= 15 is 0 Å². The van der Waals surface area contributed by atoms with Gasteiger partial charge in [0, 0.05) is 0 Å². The van der Waals surface area contributed by atoms with Crippen LogP contribution in [-0.2, 0) is 6.61 Å². The second-order valence-corrected chi connectivity index (χ2v) is 3.59. The van der Waals surface area contributed by atoms with Crippen molar-refractivity contribution in [1.29, 1.82) is 0 Å². The second kappa shape index (κ2) is 6.74. The molecule has 0 aliphatic rings. The SMILES string of the molecule is Cc1ccc(OCc2ccccc2)cc1.[H-].[Na+]. The quantitative estimate of drug-likeness (QED) is 0.694. The molecule has 0 unspecified atom stereocenters. The Labute approximate surface area is 120 Å². The fourth-order valence-corrected chi connectivity index (χ4v) is 1.38. The van der Waals surface area contributed by atoms with Gasteiger partial charge in [-0.05, 0) is 24.6 Å². The average molecular weight is 222 g/mol. The summed E-state index contributed by atoms with van der Waals surface area (Å²) in [5, 5.41) is 0. The van der Waals surface area contributed by atoms with Crippen LogP contribution in [0.15, 0.2) is 54.6 Å². The van der Waals surface area contributed by atoms with Crippen LogP contribution >= 0.6 is 0 Å². The zero-order valence-electron chi connectivity index (χ0n) is 10.8. The van der Waals surface area contributed by atoms with Crippen molar-refractivity contribution in [3.8, 4) is 5.75 Å². The molecule has 0 heterocycles. The Balaban J connectivity index is 0.00000128. The number of aryl methyl sites for hydroxylation is 1. The molecule has 2 aromatic rings. The minimum atomic E-state index is 0. The van der Waals surface area contributed by atoms with Gasteiger partial charge in [-0.15, -0.1) is 0 Å². The maximum absolute atomic E-state index is 5.65. The number of hydrogen-bond acceptors (Lipinski definition) is 1. The predicted octanol–water partition coefficient (Wildman–Crippen LogP) is 0.691. The summed E-state index contributed by atoms with van der Waals surface area (Å²) in [6, 6.07) is 18.3. The van der Waals surface area contributed by atoms with E-state index in [1.807, 2.05) is 30.3 Å². The van der Waals surface area contributed by atoms with Crippen molar-refractivity contribution in [2.24, 2.45) is 0 Å². The summed E-state index contributed by atoms with van der Waals surface area (Å²) in [7, 11) is 0. The number of ether oxygens (including phenoxy) is 1. The normalized spacial score (nSPS) is 9.31. The van der Waals surface area contributed by atoms with Crippen molar-refractivity contribution in [2.45, 2.75) is 13.5 Å². The Morgan fingerprint density at radius 2 is 1.56 bits per heavy atom. The molecular formula is C14H15NaO. The summed E-state index contributed by atoms with van der Waals surface area (Å²) in [5.74, 6) is 0.921. The van der Waals surface area contributed by atoms with E-state index in [1.165, 1.54) is 11.1 Å². The zero-order chi connectivity index (χ0) is 10.5. The molecule has 0 saturated carbocycles. The van der Waals surface area contributed by atoms with E-state index < -0.39 is 0 Å². The molecule has 78 valence electrons. The molecule has 0 radical (unpaired) electrons. The van der Waals surface area contributed by atoms with Crippen LogP contribution < -0.4 is 34.3 Å². The smallest absolute Gasteiger partial charge is 1.00 e. The average Bonchev–Trinajstić information content (AvgIpc) is 2.30. The van der Waals surface area contributed by atoms with Crippen molar-refractivity contribution in [3.63, 3.8) is 0 Å². The first-order valence-electron chi connectivity index (χ1n) is 5.08. The van der Waals surface area contributed by atoms with Gasteiger partial charge in [0.05, 0.1) is 0 Å². The third-order valence-corrected chi connectivity index (χ3v) is 2.27. The molecule has 0 spiro atoms. The second-order valence-electron chi connectivity index (χ2n) is 3.59. The first kappa shape index (κ1) is 13.3. The monoisotopic (exact) mass is 222 g/mol. The molecule has 0 aliphatic heterocycles. The molecule has 0 saturated heterocycles. The first-order valence-corrected chi connectivity index (χ1v) is 5.08.